The molecule has 0 bridgehead atoms. The summed E-state index contributed by atoms with van der Waals surface area (Å²) in [6.45, 7) is 1.91. The number of benzene rings is 1. The number of alkyl halides is 3. The van der Waals surface area contributed by atoms with Crippen LogP contribution in [0.5, 0.6) is 0 Å². The van der Waals surface area contributed by atoms with Crippen molar-refractivity contribution in [2.24, 2.45) is 5.73 Å². The van der Waals surface area contributed by atoms with Crippen molar-refractivity contribution >= 4 is 29.7 Å². The van der Waals surface area contributed by atoms with E-state index < -0.39 is 17.9 Å². The van der Waals surface area contributed by atoms with Crippen molar-refractivity contribution in [1.82, 2.24) is 9.88 Å². The first-order valence-corrected chi connectivity index (χ1v) is 7.65. The molecule has 1 amide bonds. The van der Waals surface area contributed by atoms with Gasteiger partial charge in [0.15, 0.2) is 5.69 Å². The summed E-state index contributed by atoms with van der Waals surface area (Å²) in [6.07, 6.45) is -4.48. The highest BCUT2D eigenvalue weighted by Gasteiger charge is 2.34. The second-order valence-corrected chi connectivity index (χ2v) is 6.15. The molecule has 24 heavy (non-hydrogen) atoms. The summed E-state index contributed by atoms with van der Waals surface area (Å²) in [5.74, 6) is -0.377. The van der Waals surface area contributed by atoms with Gasteiger partial charge in [-0.05, 0) is 12.5 Å². The molecule has 1 aromatic heterocycles. The SMILES string of the molecule is Cc1ccc(C(N)C(=O)N(C)Cc2nc(C(F)(F)F)cs2)cc1.Cl. The lowest BCUT2D eigenvalue weighted by Gasteiger charge is -2.20. The molecule has 1 aromatic carbocycles. The predicted molar refractivity (Wildman–Crippen MR) is 88.9 cm³/mol. The Labute approximate surface area is 147 Å². The normalized spacial score (nSPS) is 12.4. The van der Waals surface area contributed by atoms with Crippen LogP contribution in [0, 0.1) is 6.92 Å². The Morgan fingerprint density at radius 2 is 1.92 bits per heavy atom. The molecule has 0 saturated heterocycles. The molecule has 1 unspecified atom stereocenters. The maximum Gasteiger partial charge on any atom is 0.434 e. The molecule has 1 atom stereocenters. The molecule has 0 saturated carbocycles. The largest absolute Gasteiger partial charge is 0.434 e. The van der Waals surface area contributed by atoms with E-state index in [1.807, 2.05) is 19.1 Å². The summed E-state index contributed by atoms with van der Waals surface area (Å²) in [4.78, 5) is 17.1. The molecule has 2 N–H and O–H groups in total. The first kappa shape index (κ1) is 20.4. The van der Waals surface area contributed by atoms with Gasteiger partial charge < -0.3 is 10.6 Å². The Hall–Kier alpha value is -1.64. The highest BCUT2D eigenvalue weighted by molar-refractivity contribution is 7.09. The molecule has 0 aliphatic carbocycles. The first-order chi connectivity index (χ1) is 10.7. The number of aryl methyl sites for hydroxylation is 1. The summed E-state index contributed by atoms with van der Waals surface area (Å²) in [5.41, 5.74) is 6.69. The minimum atomic E-state index is -4.48. The van der Waals surface area contributed by atoms with Gasteiger partial charge in [0.1, 0.15) is 11.0 Å². The number of nitrogens with two attached hydrogens (primary N) is 1. The standard InChI is InChI=1S/C15H16F3N3OS.ClH/c1-9-3-5-10(6-4-9)13(19)14(22)21(2)7-12-20-11(8-23-12)15(16,17)18;/h3-6,8,13H,7,19H2,1-2H3;1H. The molecular formula is C15H17ClF3N3OS. The lowest BCUT2D eigenvalue weighted by molar-refractivity contribution is -0.140. The Kier molecular flexibility index (Phi) is 6.76. The Balaban J connectivity index is 0.00000288. The van der Waals surface area contributed by atoms with E-state index in [0.717, 1.165) is 22.3 Å². The molecule has 2 aromatic rings. The minimum absolute atomic E-state index is 0. The van der Waals surface area contributed by atoms with Crippen molar-refractivity contribution in [2.75, 3.05) is 7.05 Å². The van der Waals surface area contributed by atoms with Gasteiger partial charge in [-0.1, -0.05) is 29.8 Å². The fourth-order valence-corrected chi connectivity index (χ4v) is 2.80. The van der Waals surface area contributed by atoms with Crippen molar-refractivity contribution < 1.29 is 18.0 Å². The van der Waals surface area contributed by atoms with Crippen LogP contribution in [0.2, 0.25) is 0 Å². The molecule has 0 radical (unpaired) electrons. The van der Waals surface area contributed by atoms with E-state index >= 15 is 0 Å². The molecule has 4 nitrogen and oxygen atoms in total. The van der Waals surface area contributed by atoms with Gasteiger partial charge in [-0.2, -0.15) is 13.2 Å². The number of thiazole rings is 1. The molecule has 9 heteroatoms. The van der Waals surface area contributed by atoms with Gasteiger partial charge >= 0.3 is 6.18 Å². The molecule has 2 rings (SSSR count). The van der Waals surface area contributed by atoms with Crippen LogP contribution in [0.4, 0.5) is 13.2 Å². The van der Waals surface area contributed by atoms with E-state index in [-0.39, 0.29) is 29.9 Å². The third kappa shape index (κ3) is 4.93. The van der Waals surface area contributed by atoms with E-state index in [2.05, 4.69) is 4.98 Å². The summed E-state index contributed by atoms with van der Waals surface area (Å²) in [5, 5.41) is 1.15. The fourth-order valence-electron chi connectivity index (χ4n) is 1.95. The van der Waals surface area contributed by atoms with Crippen molar-refractivity contribution in [1.29, 1.82) is 0 Å². The van der Waals surface area contributed by atoms with Crippen LogP contribution in [0.25, 0.3) is 0 Å². The zero-order valence-electron chi connectivity index (χ0n) is 13.0. The van der Waals surface area contributed by atoms with Crippen molar-refractivity contribution in [2.45, 2.75) is 25.7 Å². The Morgan fingerprint density at radius 1 is 1.33 bits per heavy atom. The van der Waals surface area contributed by atoms with E-state index in [0.29, 0.717) is 5.56 Å². The number of carbonyl (C=O) groups excluding carboxylic acids is 1. The molecule has 0 fully saturated rings. The maximum absolute atomic E-state index is 12.5. The van der Waals surface area contributed by atoms with Crippen LogP contribution < -0.4 is 5.73 Å². The second-order valence-electron chi connectivity index (χ2n) is 5.21. The lowest BCUT2D eigenvalue weighted by atomic mass is 10.1. The van der Waals surface area contributed by atoms with Gasteiger partial charge in [0, 0.05) is 12.4 Å². The summed E-state index contributed by atoms with van der Waals surface area (Å²) < 4.78 is 37.6. The Bertz CT molecular complexity index is 688. The van der Waals surface area contributed by atoms with E-state index in [1.165, 1.54) is 11.9 Å². The molecule has 0 aliphatic heterocycles. The zero-order valence-corrected chi connectivity index (χ0v) is 14.6. The number of aromatic nitrogens is 1. The highest BCUT2D eigenvalue weighted by atomic mass is 35.5. The lowest BCUT2D eigenvalue weighted by Crippen LogP contribution is -2.35. The van der Waals surface area contributed by atoms with E-state index in [4.69, 9.17) is 5.73 Å². The average molecular weight is 380 g/mol. The van der Waals surface area contributed by atoms with Crippen molar-refractivity contribution in [3.8, 4) is 0 Å². The Morgan fingerprint density at radius 3 is 2.42 bits per heavy atom. The van der Waals surface area contributed by atoms with Crippen LogP contribution in [0.1, 0.15) is 27.9 Å². The van der Waals surface area contributed by atoms with Crippen LogP contribution >= 0.6 is 23.7 Å². The number of amides is 1. The van der Waals surface area contributed by atoms with Gasteiger partial charge in [-0.15, -0.1) is 23.7 Å². The number of likely N-dealkylation sites (N-methyl/N-ethyl adjacent to an activating group) is 1. The first-order valence-electron chi connectivity index (χ1n) is 6.77. The number of hydrogen-bond acceptors (Lipinski definition) is 4. The monoisotopic (exact) mass is 379 g/mol. The quantitative estimate of drug-likeness (QED) is 0.883. The van der Waals surface area contributed by atoms with E-state index in [9.17, 15) is 18.0 Å². The van der Waals surface area contributed by atoms with Gasteiger partial charge in [0.05, 0.1) is 6.54 Å². The molecular weight excluding hydrogens is 363 g/mol. The zero-order chi connectivity index (χ0) is 17.2. The van der Waals surface area contributed by atoms with Crippen molar-refractivity contribution in [3.63, 3.8) is 0 Å². The topological polar surface area (TPSA) is 59.2 Å². The number of nitrogens with zero attached hydrogens (tertiary/aromatic N) is 2. The van der Waals surface area contributed by atoms with Crippen LogP contribution in [-0.2, 0) is 17.5 Å². The number of halogens is 4. The third-order valence-electron chi connectivity index (χ3n) is 3.29. The van der Waals surface area contributed by atoms with Gasteiger partial charge in [0.25, 0.3) is 0 Å². The highest BCUT2D eigenvalue weighted by Crippen LogP contribution is 2.30. The molecule has 132 valence electrons. The number of hydrogen-bond donors (Lipinski definition) is 1. The summed E-state index contributed by atoms with van der Waals surface area (Å²) in [7, 11) is 1.49. The molecule has 1 heterocycles. The summed E-state index contributed by atoms with van der Waals surface area (Å²) in [6, 6.07) is 6.36. The third-order valence-corrected chi connectivity index (χ3v) is 4.13. The maximum atomic E-state index is 12.5. The van der Waals surface area contributed by atoms with Crippen LogP contribution in [-0.4, -0.2) is 22.8 Å². The number of rotatable bonds is 4. The minimum Gasteiger partial charge on any atom is -0.337 e. The van der Waals surface area contributed by atoms with E-state index in [1.54, 1.807) is 12.1 Å². The second kappa shape index (κ2) is 7.96. The van der Waals surface area contributed by atoms with Gasteiger partial charge in [-0.25, -0.2) is 4.98 Å². The molecule has 0 aliphatic rings. The van der Waals surface area contributed by atoms with Gasteiger partial charge in [0.2, 0.25) is 5.91 Å². The fraction of sp³-hybridized carbons (Fsp3) is 0.333. The van der Waals surface area contributed by atoms with Crippen molar-refractivity contribution in [3.05, 3.63) is 51.5 Å². The molecule has 0 spiro atoms. The predicted octanol–water partition coefficient (Wildman–Crippen LogP) is 3.55. The van der Waals surface area contributed by atoms with Gasteiger partial charge in [-0.3, -0.25) is 4.79 Å². The summed E-state index contributed by atoms with van der Waals surface area (Å²) >= 11 is 0.866. The smallest absolute Gasteiger partial charge is 0.337 e. The van der Waals surface area contributed by atoms with Crippen LogP contribution in [0.15, 0.2) is 29.6 Å². The average Bonchev–Trinajstić information content (AvgIpc) is 2.95. The van der Waals surface area contributed by atoms with Crippen LogP contribution in [0.3, 0.4) is 0 Å². The number of carbonyl (C=O) groups is 1.